The lowest BCUT2D eigenvalue weighted by Crippen LogP contribution is -2.05. The largest absolute Gasteiger partial charge is 0.339 e. The first-order valence-corrected chi connectivity index (χ1v) is 8.02. The molecule has 0 aliphatic carbocycles. The van der Waals surface area contributed by atoms with Crippen LogP contribution in [0.4, 0.5) is 23.1 Å². The standard InChI is InChI=1S/C19H18N6/c1-3-15-6-4-5-13(2)18(15)24-19-23-17(12-21-25-19)22-16-9-7-14(11-20)8-10-16/h4-10,12H,3H2,1-2H3,(H2,22,23,24,25). The van der Waals surface area contributed by atoms with Gasteiger partial charge in [-0.15, -0.1) is 5.10 Å². The lowest BCUT2D eigenvalue weighted by molar-refractivity contribution is 0.979. The van der Waals surface area contributed by atoms with Gasteiger partial charge in [-0.05, 0) is 48.7 Å². The number of anilines is 4. The molecule has 1 aromatic heterocycles. The molecule has 0 spiro atoms. The first kappa shape index (κ1) is 16.4. The number of nitriles is 1. The Hall–Kier alpha value is -3.46. The molecule has 124 valence electrons. The van der Waals surface area contributed by atoms with Gasteiger partial charge in [0.1, 0.15) is 0 Å². The lowest BCUT2D eigenvalue weighted by Gasteiger charge is -2.13. The van der Waals surface area contributed by atoms with Crippen LogP contribution >= 0.6 is 0 Å². The van der Waals surface area contributed by atoms with Gasteiger partial charge in [-0.3, -0.25) is 0 Å². The van der Waals surface area contributed by atoms with Crippen LogP contribution in [-0.4, -0.2) is 15.2 Å². The van der Waals surface area contributed by atoms with E-state index in [1.165, 1.54) is 5.56 Å². The molecule has 0 unspecified atom stereocenters. The molecule has 6 heteroatoms. The van der Waals surface area contributed by atoms with Crippen LogP contribution < -0.4 is 10.6 Å². The van der Waals surface area contributed by atoms with E-state index in [0.717, 1.165) is 23.4 Å². The van der Waals surface area contributed by atoms with Crippen LogP contribution in [0, 0.1) is 18.3 Å². The van der Waals surface area contributed by atoms with E-state index in [9.17, 15) is 0 Å². The maximum absolute atomic E-state index is 8.85. The van der Waals surface area contributed by atoms with Gasteiger partial charge in [0.05, 0.1) is 17.8 Å². The fraction of sp³-hybridized carbons (Fsp3) is 0.158. The van der Waals surface area contributed by atoms with Gasteiger partial charge in [0.25, 0.3) is 0 Å². The van der Waals surface area contributed by atoms with Crippen molar-refractivity contribution in [1.82, 2.24) is 15.2 Å². The average Bonchev–Trinajstić information content (AvgIpc) is 2.64. The minimum Gasteiger partial charge on any atom is -0.339 e. The van der Waals surface area contributed by atoms with Crippen LogP contribution in [-0.2, 0) is 6.42 Å². The summed E-state index contributed by atoms with van der Waals surface area (Å²) in [6, 6.07) is 15.4. The highest BCUT2D eigenvalue weighted by atomic mass is 15.3. The van der Waals surface area contributed by atoms with Crippen molar-refractivity contribution in [3.63, 3.8) is 0 Å². The summed E-state index contributed by atoms with van der Waals surface area (Å²) in [7, 11) is 0. The van der Waals surface area contributed by atoms with E-state index < -0.39 is 0 Å². The topological polar surface area (TPSA) is 86.5 Å². The molecule has 0 fully saturated rings. The molecular weight excluding hydrogens is 312 g/mol. The Morgan fingerprint density at radius 2 is 1.88 bits per heavy atom. The van der Waals surface area contributed by atoms with Gasteiger partial charge in [0.2, 0.25) is 5.95 Å². The Bertz CT molecular complexity index is 912. The number of nitrogens with zero attached hydrogens (tertiary/aromatic N) is 4. The molecule has 0 saturated heterocycles. The van der Waals surface area contributed by atoms with E-state index >= 15 is 0 Å². The van der Waals surface area contributed by atoms with Crippen molar-refractivity contribution in [3.8, 4) is 6.07 Å². The number of nitrogens with one attached hydrogen (secondary N) is 2. The van der Waals surface area contributed by atoms with Gasteiger partial charge >= 0.3 is 0 Å². The summed E-state index contributed by atoms with van der Waals surface area (Å²) in [6.07, 6.45) is 2.47. The number of para-hydroxylation sites is 1. The molecule has 0 aliphatic heterocycles. The number of benzene rings is 2. The molecule has 3 rings (SSSR count). The minimum absolute atomic E-state index is 0.433. The van der Waals surface area contributed by atoms with Crippen molar-refractivity contribution in [2.45, 2.75) is 20.3 Å². The second-order valence-corrected chi connectivity index (χ2v) is 5.57. The van der Waals surface area contributed by atoms with Crippen LogP contribution in [0.5, 0.6) is 0 Å². The predicted octanol–water partition coefficient (Wildman–Crippen LogP) is 4.10. The van der Waals surface area contributed by atoms with Crippen molar-refractivity contribution >= 4 is 23.1 Å². The van der Waals surface area contributed by atoms with E-state index in [2.05, 4.69) is 44.9 Å². The van der Waals surface area contributed by atoms with Gasteiger partial charge in [-0.2, -0.15) is 15.3 Å². The highest BCUT2D eigenvalue weighted by Crippen LogP contribution is 2.24. The number of rotatable bonds is 5. The summed E-state index contributed by atoms with van der Waals surface area (Å²) in [6.45, 7) is 4.16. The van der Waals surface area contributed by atoms with Crippen molar-refractivity contribution in [1.29, 1.82) is 5.26 Å². The normalized spacial score (nSPS) is 10.1. The maximum atomic E-state index is 8.85. The molecular formula is C19H18N6. The molecule has 6 nitrogen and oxygen atoms in total. The number of aromatic nitrogens is 3. The first-order valence-electron chi connectivity index (χ1n) is 8.02. The SMILES string of the molecule is CCc1cccc(C)c1Nc1nncc(Nc2ccc(C#N)cc2)n1. The summed E-state index contributed by atoms with van der Waals surface area (Å²) < 4.78 is 0. The van der Waals surface area contributed by atoms with E-state index in [1.807, 2.05) is 31.2 Å². The van der Waals surface area contributed by atoms with Crippen molar-refractivity contribution in [3.05, 3.63) is 65.4 Å². The zero-order valence-corrected chi connectivity index (χ0v) is 14.1. The second kappa shape index (κ2) is 7.41. The number of aryl methyl sites for hydroxylation is 2. The average molecular weight is 330 g/mol. The Labute approximate surface area is 146 Å². The van der Waals surface area contributed by atoms with Crippen molar-refractivity contribution in [2.75, 3.05) is 10.6 Å². The highest BCUT2D eigenvalue weighted by molar-refractivity contribution is 5.64. The van der Waals surface area contributed by atoms with Crippen LogP contribution in [0.25, 0.3) is 0 Å². The summed E-state index contributed by atoms with van der Waals surface area (Å²) >= 11 is 0. The quantitative estimate of drug-likeness (QED) is 0.732. The van der Waals surface area contributed by atoms with Gasteiger partial charge < -0.3 is 10.6 Å². The van der Waals surface area contributed by atoms with E-state index in [0.29, 0.717) is 17.3 Å². The highest BCUT2D eigenvalue weighted by Gasteiger charge is 2.07. The molecule has 2 N–H and O–H groups in total. The zero-order chi connectivity index (χ0) is 17.6. The lowest BCUT2D eigenvalue weighted by atomic mass is 10.1. The Kier molecular flexibility index (Phi) is 4.86. The number of hydrogen-bond donors (Lipinski definition) is 2. The summed E-state index contributed by atoms with van der Waals surface area (Å²) in [5, 5.41) is 23.4. The third-order valence-electron chi connectivity index (χ3n) is 3.82. The molecule has 3 aromatic rings. The smallest absolute Gasteiger partial charge is 0.249 e. The van der Waals surface area contributed by atoms with Gasteiger partial charge in [-0.25, -0.2) is 0 Å². The Morgan fingerprint density at radius 3 is 2.60 bits per heavy atom. The number of hydrogen-bond acceptors (Lipinski definition) is 6. The molecule has 0 aliphatic rings. The summed E-state index contributed by atoms with van der Waals surface area (Å²) in [5.74, 6) is 1.01. The molecule has 0 radical (unpaired) electrons. The van der Waals surface area contributed by atoms with Crippen molar-refractivity contribution in [2.24, 2.45) is 0 Å². The Morgan fingerprint density at radius 1 is 1.08 bits per heavy atom. The predicted molar refractivity (Wildman–Crippen MR) is 98.1 cm³/mol. The van der Waals surface area contributed by atoms with Crippen LogP contribution in [0.3, 0.4) is 0 Å². The third kappa shape index (κ3) is 3.90. The molecule has 2 aromatic carbocycles. The summed E-state index contributed by atoms with van der Waals surface area (Å²) in [5.41, 5.74) is 4.79. The van der Waals surface area contributed by atoms with Gasteiger partial charge in [0.15, 0.2) is 5.82 Å². The van der Waals surface area contributed by atoms with E-state index in [-0.39, 0.29) is 0 Å². The van der Waals surface area contributed by atoms with Gasteiger partial charge in [0, 0.05) is 11.4 Å². The van der Waals surface area contributed by atoms with Crippen molar-refractivity contribution < 1.29 is 0 Å². The maximum Gasteiger partial charge on any atom is 0.249 e. The monoisotopic (exact) mass is 330 g/mol. The molecule has 0 atom stereocenters. The van der Waals surface area contributed by atoms with Crippen LogP contribution in [0.15, 0.2) is 48.7 Å². The van der Waals surface area contributed by atoms with E-state index in [4.69, 9.17) is 5.26 Å². The zero-order valence-electron chi connectivity index (χ0n) is 14.1. The van der Waals surface area contributed by atoms with E-state index in [1.54, 1.807) is 18.3 Å². The molecule has 25 heavy (non-hydrogen) atoms. The second-order valence-electron chi connectivity index (χ2n) is 5.57. The fourth-order valence-corrected chi connectivity index (χ4v) is 2.51. The third-order valence-corrected chi connectivity index (χ3v) is 3.82. The summed E-state index contributed by atoms with van der Waals surface area (Å²) in [4.78, 5) is 4.46. The molecule has 0 amide bonds. The first-order chi connectivity index (χ1) is 12.2. The Balaban J connectivity index is 1.81. The van der Waals surface area contributed by atoms with Crippen LogP contribution in [0.2, 0.25) is 0 Å². The fourth-order valence-electron chi connectivity index (χ4n) is 2.51. The molecule has 1 heterocycles. The van der Waals surface area contributed by atoms with Crippen LogP contribution in [0.1, 0.15) is 23.6 Å². The van der Waals surface area contributed by atoms with Gasteiger partial charge in [-0.1, -0.05) is 25.1 Å². The molecule has 0 bridgehead atoms. The minimum atomic E-state index is 0.433. The molecule has 0 saturated carbocycles.